The Balaban J connectivity index is 2.66. The zero-order chi connectivity index (χ0) is 12.0. The molecule has 0 radical (unpaired) electrons. The van der Waals surface area contributed by atoms with Crippen LogP contribution >= 0.6 is 15.9 Å². The van der Waals surface area contributed by atoms with Crippen molar-refractivity contribution >= 4 is 21.9 Å². The second-order valence-electron chi connectivity index (χ2n) is 3.93. The van der Waals surface area contributed by atoms with Crippen LogP contribution in [0, 0.1) is 0 Å². The van der Waals surface area contributed by atoms with E-state index in [2.05, 4.69) is 22.9 Å². The van der Waals surface area contributed by atoms with Gasteiger partial charge < -0.3 is 9.47 Å². The highest BCUT2D eigenvalue weighted by Gasteiger charge is 2.38. The molecule has 4 heteroatoms. The third-order valence-electron chi connectivity index (χ3n) is 2.66. The molecule has 1 rings (SSSR count). The Morgan fingerprint density at radius 2 is 2.38 bits per heavy atom. The fourth-order valence-corrected chi connectivity index (χ4v) is 2.41. The minimum absolute atomic E-state index is 0.157. The summed E-state index contributed by atoms with van der Waals surface area (Å²) < 4.78 is 10.2. The molecule has 1 fully saturated rings. The van der Waals surface area contributed by atoms with Gasteiger partial charge in [-0.15, -0.1) is 0 Å². The first-order valence-corrected chi connectivity index (χ1v) is 6.62. The molecule has 0 amide bonds. The molecule has 0 N–H and O–H groups in total. The molecule has 0 saturated carbocycles. The number of carbonyl (C=O) groups is 1. The largest absolute Gasteiger partial charge is 0.496 e. The number of hydrogen-bond donors (Lipinski definition) is 0. The van der Waals surface area contributed by atoms with Gasteiger partial charge in [-0.3, -0.25) is 0 Å². The van der Waals surface area contributed by atoms with Gasteiger partial charge in [0, 0.05) is 6.42 Å². The highest BCUT2D eigenvalue weighted by atomic mass is 79.9. The Morgan fingerprint density at radius 1 is 1.62 bits per heavy atom. The lowest BCUT2D eigenvalue weighted by Gasteiger charge is -2.20. The Morgan fingerprint density at radius 3 is 3.00 bits per heavy atom. The molecule has 1 heterocycles. The molecule has 1 aliphatic rings. The summed E-state index contributed by atoms with van der Waals surface area (Å²) in [7, 11) is 0. The Kier molecular flexibility index (Phi) is 5.32. The number of allylic oxidation sites excluding steroid dienone is 1. The summed E-state index contributed by atoms with van der Waals surface area (Å²) >= 11 is 3.69. The Bertz CT molecular complexity index is 275. The van der Waals surface area contributed by atoms with Crippen molar-refractivity contribution in [3.8, 4) is 0 Å². The van der Waals surface area contributed by atoms with Crippen molar-refractivity contribution in [1.29, 1.82) is 0 Å². The fourth-order valence-electron chi connectivity index (χ4n) is 1.74. The van der Waals surface area contributed by atoms with Crippen LogP contribution in [0.15, 0.2) is 11.8 Å². The zero-order valence-corrected chi connectivity index (χ0v) is 11.5. The van der Waals surface area contributed by atoms with Crippen molar-refractivity contribution in [2.45, 2.75) is 43.9 Å². The molecule has 0 bridgehead atoms. The molecule has 1 aliphatic heterocycles. The third kappa shape index (κ3) is 3.51. The monoisotopic (exact) mass is 290 g/mol. The van der Waals surface area contributed by atoms with E-state index >= 15 is 0 Å². The Hall–Kier alpha value is -0.510. The summed E-state index contributed by atoms with van der Waals surface area (Å²) in [5, 5.41) is 0. The Labute approximate surface area is 105 Å². The normalized spacial score (nSPS) is 26.8. The van der Waals surface area contributed by atoms with E-state index in [0.29, 0.717) is 13.2 Å². The number of ether oxygens (including phenoxy) is 2. The van der Waals surface area contributed by atoms with Crippen LogP contribution in [0.1, 0.15) is 39.5 Å². The maximum atomic E-state index is 11.4. The van der Waals surface area contributed by atoms with Gasteiger partial charge in [0.2, 0.25) is 0 Å². The molecule has 1 saturated heterocycles. The van der Waals surface area contributed by atoms with E-state index in [9.17, 15) is 4.79 Å². The molecular formula is C12H19BrO3. The fraction of sp³-hybridized carbons (Fsp3) is 0.750. The first-order chi connectivity index (χ1) is 7.62. The predicted molar refractivity (Wildman–Crippen MR) is 66.5 cm³/mol. The molecule has 0 aromatic rings. The maximum Gasteiger partial charge on any atom is 0.334 e. The van der Waals surface area contributed by atoms with E-state index in [1.165, 1.54) is 6.08 Å². The number of hydrogen-bond acceptors (Lipinski definition) is 3. The lowest BCUT2D eigenvalue weighted by atomic mass is 9.98. The van der Waals surface area contributed by atoms with Gasteiger partial charge in [0.15, 0.2) is 0 Å². The van der Waals surface area contributed by atoms with Crippen LogP contribution in [-0.4, -0.2) is 23.5 Å². The van der Waals surface area contributed by atoms with Crippen molar-refractivity contribution < 1.29 is 14.3 Å². The summed E-state index contributed by atoms with van der Waals surface area (Å²) in [5.74, 6) is 0.402. The van der Waals surface area contributed by atoms with Crippen molar-refractivity contribution in [3.05, 3.63) is 11.8 Å². The molecule has 92 valence electrons. The molecule has 0 aromatic carbocycles. The maximum absolute atomic E-state index is 11.4. The minimum Gasteiger partial charge on any atom is -0.496 e. The molecule has 0 aromatic heterocycles. The van der Waals surface area contributed by atoms with Crippen LogP contribution in [0.3, 0.4) is 0 Å². The van der Waals surface area contributed by atoms with E-state index in [1.807, 2.05) is 0 Å². The average molecular weight is 291 g/mol. The highest BCUT2D eigenvalue weighted by Crippen LogP contribution is 2.41. The second-order valence-corrected chi connectivity index (χ2v) is 5.45. The van der Waals surface area contributed by atoms with Crippen molar-refractivity contribution in [1.82, 2.24) is 0 Å². The number of halogens is 1. The van der Waals surface area contributed by atoms with Crippen molar-refractivity contribution in [3.63, 3.8) is 0 Å². The van der Waals surface area contributed by atoms with Gasteiger partial charge in [0.05, 0.1) is 23.6 Å². The van der Waals surface area contributed by atoms with Crippen LogP contribution < -0.4 is 0 Å². The quantitative estimate of drug-likeness (QED) is 0.443. The first-order valence-electron chi connectivity index (χ1n) is 5.83. The lowest BCUT2D eigenvalue weighted by molar-refractivity contribution is -0.137. The van der Waals surface area contributed by atoms with E-state index in [-0.39, 0.29) is 10.3 Å². The predicted octanol–water partition coefficient (Wildman–Crippen LogP) is 3.18. The third-order valence-corrected chi connectivity index (χ3v) is 3.84. The summed E-state index contributed by atoms with van der Waals surface area (Å²) in [6.07, 6.45) is 5.64. The smallest absolute Gasteiger partial charge is 0.334 e. The SMILES string of the molecule is CCCCC1(Br)CCO/C1=C/C(=O)OCC. The van der Waals surface area contributed by atoms with Gasteiger partial charge >= 0.3 is 5.97 Å². The summed E-state index contributed by atoms with van der Waals surface area (Å²) in [5.41, 5.74) is 0. The standard InChI is InChI=1S/C12H19BrO3/c1-3-5-6-12(13)7-8-16-10(12)9-11(14)15-4-2/h9H,3-8H2,1-2H3/b10-9+. The van der Waals surface area contributed by atoms with Crippen LogP contribution in [0.2, 0.25) is 0 Å². The molecule has 1 atom stereocenters. The van der Waals surface area contributed by atoms with Gasteiger partial charge in [-0.05, 0) is 13.3 Å². The molecule has 3 nitrogen and oxygen atoms in total. The van der Waals surface area contributed by atoms with E-state index in [0.717, 1.165) is 31.4 Å². The number of unbranched alkanes of at least 4 members (excludes halogenated alkanes) is 1. The van der Waals surface area contributed by atoms with Gasteiger partial charge in [-0.25, -0.2) is 4.79 Å². The first kappa shape index (κ1) is 13.6. The van der Waals surface area contributed by atoms with Crippen molar-refractivity contribution in [2.24, 2.45) is 0 Å². The van der Waals surface area contributed by atoms with E-state index in [4.69, 9.17) is 9.47 Å². The minimum atomic E-state index is -0.320. The van der Waals surface area contributed by atoms with E-state index in [1.54, 1.807) is 6.92 Å². The number of rotatable bonds is 5. The summed E-state index contributed by atoms with van der Waals surface area (Å²) in [6, 6.07) is 0. The van der Waals surface area contributed by atoms with Gasteiger partial charge in [-0.1, -0.05) is 35.7 Å². The molecule has 1 unspecified atom stereocenters. The molecular weight excluding hydrogens is 272 g/mol. The number of esters is 1. The van der Waals surface area contributed by atoms with E-state index < -0.39 is 0 Å². The number of alkyl halides is 1. The molecule has 0 spiro atoms. The van der Waals surface area contributed by atoms with Crippen LogP contribution in [-0.2, 0) is 14.3 Å². The van der Waals surface area contributed by atoms with Gasteiger partial charge in [0.25, 0.3) is 0 Å². The van der Waals surface area contributed by atoms with Crippen molar-refractivity contribution in [2.75, 3.05) is 13.2 Å². The van der Waals surface area contributed by atoms with Crippen LogP contribution in [0.25, 0.3) is 0 Å². The molecule has 16 heavy (non-hydrogen) atoms. The summed E-state index contributed by atoms with van der Waals surface area (Å²) in [4.78, 5) is 11.4. The van der Waals surface area contributed by atoms with Gasteiger partial charge in [-0.2, -0.15) is 0 Å². The van der Waals surface area contributed by atoms with Crippen LogP contribution in [0.5, 0.6) is 0 Å². The second kappa shape index (κ2) is 6.28. The number of carbonyl (C=O) groups excluding carboxylic acids is 1. The topological polar surface area (TPSA) is 35.5 Å². The molecule has 0 aliphatic carbocycles. The highest BCUT2D eigenvalue weighted by molar-refractivity contribution is 9.10. The lowest BCUT2D eigenvalue weighted by Crippen LogP contribution is -2.19. The average Bonchev–Trinajstić information content (AvgIpc) is 2.59. The zero-order valence-electron chi connectivity index (χ0n) is 9.92. The van der Waals surface area contributed by atoms with Gasteiger partial charge in [0.1, 0.15) is 5.76 Å². The summed E-state index contributed by atoms with van der Waals surface area (Å²) in [6.45, 7) is 5.01. The van der Waals surface area contributed by atoms with Crippen LogP contribution in [0.4, 0.5) is 0 Å².